The number of nitrogens with zero attached hydrogens (tertiary/aromatic N) is 1. The molecular weight excluding hydrogens is 300 g/mol. The lowest BCUT2D eigenvalue weighted by atomic mass is 10.1. The maximum absolute atomic E-state index is 12.4. The number of para-hydroxylation sites is 1. The van der Waals surface area contributed by atoms with Gasteiger partial charge in [0.1, 0.15) is 5.76 Å². The molecule has 0 spiro atoms. The Bertz CT molecular complexity index is 838. The molecule has 0 saturated heterocycles. The Morgan fingerprint density at radius 1 is 1.08 bits per heavy atom. The average molecular weight is 320 g/mol. The van der Waals surface area contributed by atoms with Gasteiger partial charge in [0.2, 0.25) is 11.8 Å². The Hall–Kier alpha value is -2.88. The van der Waals surface area contributed by atoms with E-state index in [1.807, 2.05) is 61.5 Å². The largest absolute Gasteiger partial charge is 0.441 e. The fourth-order valence-electron chi connectivity index (χ4n) is 2.59. The van der Waals surface area contributed by atoms with Crippen molar-refractivity contribution < 1.29 is 9.21 Å². The quantitative estimate of drug-likeness (QED) is 0.758. The van der Waals surface area contributed by atoms with Gasteiger partial charge in [0, 0.05) is 11.3 Å². The van der Waals surface area contributed by atoms with Crippen LogP contribution in [0.15, 0.2) is 59.0 Å². The molecule has 1 N–H and O–H groups in total. The first kappa shape index (κ1) is 16.0. The molecule has 0 atom stereocenters. The molecule has 1 aromatic heterocycles. The highest BCUT2D eigenvalue weighted by atomic mass is 16.4. The van der Waals surface area contributed by atoms with Crippen LogP contribution in [0.3, 0.4) is 0 Å². The summed E-state index contributed by atoms with van der Waals surface area (Å²) in [4.78, 5) is 16.8. The lowest BCUT2D eigenvalue weighted by molar-refractivity contribution is -0.115. The summed E-state index contributed by atoms with van der Waals surface area (Å²) in [7, 11) is 0. The second kappa shape index (κ2) is 7.13. The average Bonchev–Trinajstić information content (AvgIpc) is 2.97. The normalized spacial score (nSPS) is 10.6. The predicted octanol–water partition coefficient (Wildman–Crippen LogP) is 4.39. The van der Waals surface area contributed by atoms with E-state index < -0.39 is 0 Å². The number of hydrogen-bond acceptors (Lipinski definition) is 3. The van der Waals surface area contributed by atoms with E-state index >= 15 is 0 Å². The number of aromatic nitrogens is 1. The van der Waals surface area contributed by atoms with E-state index in [-0.39, 0.29) is 12.3 Å². The Labute approximate surface area is 141 Å². The van der Waals surface area contributed by atoms with Crippen LogP contribution >= 0.6 is 0 Å². The van der Waals surface area contributed by atoms with Gasteiger partial charge in [-0.1, -0.05) is 43.3 Å². The molecule has 1 amide bonds. The smallest absolute Gasteiger partial charge is 0.230 e. The maximum Gasteiger partial charge on any atom is 0.230 e. The number of oxazole rings is 1. The highest BCUT2D eigenvalue weighted by Gasteiger charge is 2.15. The Morgan fingerprint density at radius 3 is 2.54 bits per heavy atom. The van der Waals surface area contributed by atoms with Crippen LogP contribution in [-0.4, -0.2) is 10.9 Å². The van der Waals surface area contributed by atoms with Gasteiger partial charge in [-0.2, -0.15) is 0 Å². The number of carbonyl (C=O) groups excluding carboxylic acids is 1. The minimum atomic E-state index is -0.0908. The number of nitrogens with one attached hydrogen (secondary N) is 1. The van der Waals surface area contributed by atoms with Crippen molar-refractivity contribution in [1.29, 1.82) is 0 Å². The molecule has 4 heteroatoms. The molecular formula is C20H20N2O2. The monoisotopic (exact) mass is 320 g/mol. The molecule has 122 valence electrons. The standard InChI is InChI=1S/C20H20N2O2/c1-3-15-9-7-8-12-17(15)21-19(23)13-18-14(2)24-20(22-18)16-10-5-4-6-11-16/h4-12H,3,13H2,1-2H3,(H,21,23). The number of hydrogen-bond donors (Lipinski definition) is 1. The van der Waals surface area contributed by atoms with Crippen molar-refractivity contribution in [2.24, 2.45) is 0 Å². The van der Waals surface area contributed by atoms with E-state index in [1.165, 1.54) is 0 Å². The Kier molecular flexibility index (Phi) is 4.75. The molecule has 4 nitrogen and oxygen atoms in total. The van der Waals surface area contributed by atoms with Crippen molar-refractivity contribution in [3.8, 4) is 11.5 Å². The minimum Gasteiger partial charge on any atom is -0.441 e. The molecule has 0 radical (unpaired) electrons. The third kappa shape index (κ3) is 3.54. The molecule has 0 unspecified atom stereocenters. The Balaban J connectivity index is 1.74. The molecule has 24 heavy (non-hydrogen) atoms. The first-order chi connectivity index (χ1) is 11.7. The second-order valence-electron chi connectivity index (χ2n) is 5.62. The zero-order valence-electron chi connectivity index (χ0n) is 13.9. The third-order valence-corrected chi connectivity index (χ3v) is 3.91. The van der Waals surface area contributed by atoms with Crippen molar-refractivity contribution in [3.63, 3.8) is 0 Å². The van der Waals surface area contributed by atoms with Crippen molar-refractivity contribution in [3.05, 3.63) is 71.6 Å². The first-order valence-corrected chi connectivity index (χ1v) is 8.07. The van der Waals surface area contributed by atoms with E-state index in [1.54, 1.807) is 0 Å². The minimum absolute atomic E-state index is 0.0908. The molecule has 0 aliphatic carbocycles. The van der Waals surface area contributed by atoms with E-state index in [9.17, 15) is 4.79 Å². The number of benzene rings is 2. The third-order valence-electron chi connectivity index (χ3n) is 3.91. The van der Waals surface area contributed by atoms with Gasteiger partial charge in [0.05, 0.1) is 12.1 Å². The summed E-state index contributed by atoms with van der Waals surface area (Å²) >= 11 is 0. The number of aryl methyl sites for hydroxylation is 2. The fraction of sp³-hybridized carbons (Fsp3) is 0.200. The highest BCUT2D eigenvalue weighted by Crippen LogP contribution is 2.22. The molecule has 0 aliphatic rings. The van der Waals surface area contributed by atoms with Crippen LogP contribution in [0, 0.1) is 6.92 Å². The van der Waals surface area contributed by atoms with Gasteiger partial charge in [-0.3, -0.25) is 4.79 Å². The van der Waals surface area contributed by atoms with Crippen LogP contribution in [0.2, 0.25) is 0 Å². The molecule has 2 aromatic carbocycles. The van der Waals surface area contributed by atoms with Crippen molar-refractivity contribution in [2.45, 2.75) is 26.7 Å². The van der Waals surface area contributed by atoms with Gasteiger partial charge < -0.3 is 9.73 Å². The summed E-state index contributed by atoms with van der Waals surface area (Å²) in [6.45, 7) is 3.90. The van der Waals surface area contributed by atoms with Crippen LogP contribution in [-0.2, 0) is 17.6 Å². The van der Waals surface area contributed by atoms with Gasteiger partial charge in [-0.15, -0.1) is 0 Å². The summed E-state index contributed by atoms with van der Waals surface area (Å²) < 4.78 is 5.71. The van der Waals surface area contributed by atoms with Gasteiger partial charge in [-0.05, 0) is 37.1 Å². The van der Waals surface area contributed by atoms with Gasteiger partial charge in [0.15, 0.2) is 0 Å². The van der Waals surface area contributed by atoms with Crippen LogP contribution in [0.5, 0.6) is 0 Å². The van der Waals surface area contributed by atoms with Gasteiger partial charge in [-0.25, -0.2) is 4.98 Å². The lowest BCUT2D eigenvalue weighted by Crippen LogP contribution is -2.16. The van der Waals surface area contributed by atoms with Crippen LogP contribution in [0.25, 0.3) is 11.5 Å². The lowest BCUT2D eigenvalue weighted by Gasteiger charge is -2.08. The number of anilines is 1. The topological polar surface area (TPSA) is 55.1 Å². The van der Waals surface area contributed by atoms with Crippen molar-refractivity contribution in [2.75, 3.05) is 5.32 Å². The first-order valence-electron chi connectivity index (χ1n) is 8.07. The van der Waals surface area contributed by atoms with E-state index in [0.29, 0.717) is 17.3 Å². The van der Waals surface area contributed by atoms with Gasteiger partial charge in [0.25, 0.3) is 0 Å². The molecule has 0 aliphatic heterocycles. The molecule has 3 rings (SSSR count). The summed E-state index contributed by atoms with van der Waals surface area (Å²) in [6, 6.07) is 17.5. The van der Waals surface area contributed by atoms with Crippen LogP contribution < -0.4 is 5.32 Å². The predicted molar refractivity (Wildman–Crippen MR) is 94.8 cm³/mol. The van der Waals surface area contributed by atoms with Crippen LogP contribution in [0.4, 0.5) is 5.69 Å². The van der Waals surface area contributed by atoms with Gasteiger partial charge >= 0.3 is 0 Å². The van der Waals surface area contributed by atoms with E-state index in [2.05, 4.69) is 17.2 Å². The highest BCUT2D eigenvalue weighted by molar-refractivity contribution is 5.92. The van der Waals surface area contributed by atoms with Crippen LogP contribution in [0.1, 0.15) is 23.9 Å². The summed E-state index contributed by atoms with van der Waals surface area (Å²) in [5.41, 5.74) is 3.55. The number of amides is 1. The van der Waals surface area contributed by atoms with E-state index in [4.69, 9.17) is 4.42 Å². The fourth-order valence-corrected chi connectivity index (χ4v) is 2.59. The number of rotatable bonds is 5. The second-order valence-corrected chi connectivity index (χ2v) is 5.62. The number of carbonyl (C=O) groups is 1. The zero-order valence-corrected chi connectivity index (χ0v) is 13.9. The molecule has 3 aromatic rings. The summed E-state index contributed by atoms with van der Waals surface area (Å²) in [6.07, 6.45) is 1.07. The van der Waals surface area contributed by atoms with Crippen molar-refractivity contribution in [1.82, 2.24) is 4.98 Å². The Morgan fingerprint density at radius 2 is 1.79 bits per heavy atom. The SMILES string of the molecule is CCc1ccccc1NC(=O)Cc1nc(-c2ccccc2)oc1C. The molecule has 1 heterocycles. The summed E-state index contributed by atoms with van der Waals surface area (Å²) in [5.74, 6) is 1.13. The molecule has 0 saturated carbocycles. The van der Waals surface area contributed by atoms with E-state index in [0.717, 1.165) is 23.2 Å². The maximum atomic E-state index is 12.4. The molecule has 0 bridgehead atoms. The summed E-state index contributed by atoms with van der Waals surface area (Å²) in [5, 5.41) is 2.97. The molecule has 0 fully saturated rings. The van der Waals surface area contributed by atoms with Crippen molar-refractivity contribution >= 4 is 11.6 Å². The zero-order chi connectivity index (χ0) is 16.9.